The van der Waals surface area contributed by atoms with Gasteiger partial charge >= 0.3 is 5.97 Å². The number of nitrogens with one attached hydrogen (secondary N) is 2. The maximum Gasteiger partial charge on any atom is 0.325 e. The molecule has 1 atom stereocenters. The van der Waals surface area contributed by atoms with Gasteiger partial charge in [-0.3, -0.25) is 14.4 Å². The van der Waals surface area contributed by atoms with Gasteiger partial charge in [0.25, 0.3) is 0 Å². The van der Waals surface area contributed by atoms with Crippen LogP contribution < -0.4 is 20.7 Å². The van der Waals surface area contributed by atoms with E-state index in [1.807, 2.05) is 11.0 Å². The fourth-order valence-electron chi connectivity index (χ4n) is 4.03. The third-order valence-electron chi connectivity index (χ3n) is 6.19. The highest BCUT2D eigenvalue weighted by molar-refractivity contribution is 7.89. The number of sulfonamides is 1. The van der Waals surface area contributed by atoms with Crippen LogP contribution in [0.4, 0.5) is 5.69 Å². The van der Waals surface area contributed by atoms with Crippen molar-refractivity contribution < 1.29 is 32.7 Å². The quantitative estimate of drug-likeness (QED) is 0.0816. The number of piperazine rings is 1. The summed E-state index contributed by atoms with van der Waals surface area (Å²) >= 11 is 0. The third kappa shape index (κ3) is 8.95. The molecule has 40 heavy (non-hydrogen) atoms. The van der Waals surface area contributed by atoms with Gasteiger partial charge in [-0.1, -0.05) is 35.5 Å². The number of hydrogen-bond acceptors (Lipinski definition) is 9. The molecule has 3 rings (SSSR count). The molecule has 2 aromatic rings. The Morgan fingerprint density at radius 1 is 1.12 bits per heavy atom. The summed E-state index contributed by atoms with van der Waals surface area (Å²) in [5, 5.41) is 14.3. The monoisotopic (exact) mass is 574 g/mol. The van der Waals surface area contributed by atoms with E-state index in [0.29, 0.717) is 12.1 Å². The number of hydrogen-bond donors (Lipinski definition) is 4. The molecule has 2 aromatic carbocycles. The van der Waals surface area contributed by atoms with E-state index in [1.54, 1.807) is 55.5 Å². The normalized spacial score (nSPS) is 15.0. The molecule has 0 aliphatic carbocycles. The van der Waals surface area contributed by atoms with Crippen LogP contribution in [0.5, 0.6) is 0 Å². The van der Waals surface area contributed by atoms with E-state index in [9.17, 15) is 22.8 Å². The minimum Gasteiger partial charge on any atom is -0.465 e. The minimum atomic E-state index is -3.87. The van der Waals surface area contributed by atoms with E-state index in [0.717, 1.165) is 11.3 Å². The maximum absolute atomic E-state index is 12.7. The van der Waals surface area contributed by atoms with Crippen molar-refractivity contribution in [3.05, 3.63) is 65.7 Å². The molecule has 0 aromatic heterocycles. The van der Waals surface area contributed by atoms with Crippen molar-refractivity contribution in [1.29, 1.82) is 0 Å². The van der Waals surface area contributed by atoms with Crippen molar-refractivity contribution >= 4 is 39.3 Å². The summed E-state index contributed by atoms with van der Waals surface area (Å²) in [4.78, 5) is 40.9. The smallest absolute Gasteiger partial charge is 0.325 e. The molecule has 0 unspecified atom stereocenters. The van der Waals surface area contributed by atoms with E-state index < -0.39 is 27.9 Å². The van der Waals surface area contributed by atoms with Crippen molar-refractivity contribution in [1.82, 2.24) is 14.9 Å². The lowest BCUT2D eigenvalue weighted by atomic mass is 10.1. The van der Waals surface area contributed by atoms with Gasteiger partial charge in [-0.05, 0) is 43.2 Å². The fraction of sp³-hybridized carbons (Fsp3) is 0.385. The van der Waals surface area contributed by atoms with Crippen LogP contribution in [0.2, 0.25) is 0 Å². The number of oxime groups is 1. The van der Waals surface area contributed by atoms with Gasteiger partial charge in [0.15, 0.2) is 5.84 Å². The predicted octanol–water partition coefficient (Wildman–Crippen LogP) is -0.360. The molecule has 14 heteroatoms. The van der Waals surface area contributed by atoms with E-state index in [1.165, 1.54) is 4.90 Å². The van der Waals surface area contributed by atoms with Crippen molar-refractivity contribution in [2.45, 2.75) is 19.4 Å². The molecule has 0 bridgehead atoms. The fourth-order valence-corrected chi connectivity index (χ4v) is 5.27. The summed E-state index contributed by atoms with van der Waals surface area (Å²) in [6.45, 7) is 1.85. The van der Waals surface area contributed by atoms with Crippen molar-refractivity contribution in [2.75, 3.05) is 50.0 Å². The highest BCUT2D eigenvalue weighted by Crippen LogP contribution is 2.18. The molecule has 13 nitrogen and oxygen atoms in total. The molecule has 1 aliphatic rings. The minimum absolute atomic E-state index is 0.0244. The maximum atomic E-state index is 12.7. The first-order valence-electron chi connectivity index (χ1n) is 12.7. The number of amides is 2. The number of anilines is 1. The first kappa shape index (κ1) is 30.4. The molecule has 1 saturated heterocycles. The Balaban J connectivity index is 1.51. The molecule has 5 N–H and O–H groups in total. The lowest BCUT2D eigenvalue weighted by Gasteiger charge is -2.35. The second-order valence-electron chi connectivity index (χ2n) is 9.05. The van der Waals surface area contributed by atoms with Crippen LogP contribution in [0.1, 0.15) is 18.1 Å². The molecule has 1 aliphatic heterocycles. The van der Waals surface area contributed by atoms with Crippen LogP contribution in [0.3, 0.4) is 0 Å². The number of aryl methyl sites for hydroxylation is 1. The second-order valence-corrected chi connectivity index (χ2v) is 10.9. The zero-order chi connectivity index (χ0) is 29.1. The summed E-state index contributed by atoms with van der Waals surface area (Å²) in [5.74, 6) is -1.89. The summed E-state index contributed by atoms with van der Waals surface area (Å²) in [6, 6.07) is 14.6. The van der Waals surface area contributed by atoms with Crippen LogP contribution in [0.25, 0.3) is 0 Å². The van der Waals surface area contributed by atoms with Crippen molar-refractivity contribution in [3.8, 4) is 0 Å². The average Bonchev–Trinajstić information content (AvgIpc) is 2.95. The van der Waals surface area contributed by atoms with E-state index >= 15 is 0 Å². The Morgan fingerprint density at radius 2 is 1.82 bits per heavy atom. The zero-order valence-corrected chi connectivity index (χ0v) is 23.0. The number of esters is 1. The molecular weight excluding hydrogens is 540 g/mol. The van der Waals surface area contributed by atoms with Gasteiger partial charge in [0.2, 0.25) is 21.8 Å². The molecule has 0 saturated carbocycles. The molecule has 216 valence electrons. The third-order valence-corrected chi connectivity index (χ3v) is 7.57. The van der Waals surface area contributed by atoms with Gasteiger partial charge < -0.3 is 30.8 Å². The van der Waals surface area contributed by atoms with Gasteiger partial charge in [-0.15, -0.1) is 0 Å². The highest BCUT2D eigenvalue weighted by Gasteiger charge is 2.28. The number of ether oxygens (including phenoxy) is 1. The lowest BCUT2D eigenvalue weighted by molar-refractivity contribution is -0.145. The number of carbonyl (C=O) groups excluding carboxylic acids is 3. The summed E-state index contributed by atoms with van der Waals surface area (Å²) in [5.41, 5.74) is 7.71. The Hall–Kier alpha value is -4.17. The number of nitrogens with two attached hydrogens (primary N) is 1. The Labute approximate surface area is 233 Å². The van der Waals surface area contributed by atoms with Crippen molar-refractivity contribution in [2.24, 2.45) is 10.9 Å². The molecular formula is C26H34N6O7S. The molecule has 0 spiro atoms. The number of benzene rings is 2. The summed E-state index contributed by atoms with van der Waals surface area (Å²) < 4.78 is 32.6. The SMILES string of the molecule is CCOC(=O)[C@H](CNC(=O)CN1CCN(c2ccc(C(N)=NO)cc2)CC1=O)NS(=O)(=O)CCc1ccccc1. The zero-order valence-electron chi connectivity index (χ0n) is 22.2. The van der Waals surface area contributed by atoms with Gasteiger partial charge in [-0.2, -0.15) is 4.72 Å². The van der Waals surface area contributed by atoms with Crippen LogP contribution in [0, 0.1) is 0 Å². The van der Waals surface area contributed by atoms with Gasteiger partial charge in [0, 0.05) is 30.9 Å². The first-order chi connectivity index (χ1) is 19.1. The highest BCUT2D eigenvalue weighted by atomic mass is 32.2. The largest absolute Gasteiger partial charge is 0.465 e. The molecule has 1 heterocycles. The van der Waals surface area contributed by atoms with E-state index in [4.69, 9.17) is 15.7 Å². The van der Waals surface area contributed by atoms with Gasteiger partial charge in [-0.25, -0.2) is 8.42 Å². The number of rotatable bonds is 13. The number of carbonyl (C=O) groups is 3. The standard InChI is InChI=1S/C26H34N6O7S/c1-2-39-26(35)22(30-40(37,38)15-12-19-6-4-3-5-7-19)16-28-23(33)17-32-14-13-31(18-24(32)34)21-10-8-20(9-11-21)25(27)29-36/h3-11,22,30,36H,2,12-18H2,1H3,(H2,27,29)(H,28,33)/t22-/m0/s1. The lowest BCUT2D eigenvalue weighted by Crippen LogP contribution is -2.54. The van der Waals surface area contributed by atoms with Crippen LogP contribution in [0.15, 0.2) is 59.8 Å². The molecule has 1 fully saturated rings. The van der Waals surface area contributed by atoms with Crippen LogP contribution in [-0.2, 0) is 35.6 Å². The number of amidine groups is 1. The average molecular weight is 575 g/mol. The number of nitrogens with zero attached hydrogens (tertiary/aromatic N) is 3. The topological polar surface area (TPSA) is 184 Å². The Kier molecular flexibility index (Phi) is 10.8. The van der Waals surface area contributed by atoms with E-state index in [-0.39, 0.29) is 56.7 Å². The first-order valence-corrected chi connectivity index (χ1v) is 14.3. The van der Waals surface area contributed by atoms with E-state index in [2.05, 4.69) is 15.2 Å². The summed E-state index contributed by atoms with van der Waals surface area (Å²) in [6.07, 6.45) is 0.251. The molecule has 0 radical (unpaired) electrons. The van der Waals surface area contributed by atoms with Gasteiger partial charge in [0.05, 0.1) is 25.4 Å². The van der Waals surface area contributed by atoms with Gasteiger partial charge in [0.1, 0.15) is 6.04 Å². The van der Waals surface area contributed by atoms with Crippen molar-refractivity contribution in [3.63, 3.8) is 0 Å². The Bertz CT molecular complexity index is 1300. The van der Waals surface area contributed by atoms with Crippen LogP contribution in [-0.4, -0.2) is 93.3 Å². The predicted molar refractivity (Wildman–Crippen MR) is 148 cm³/mol. The molecule has 2 amide bonds. The van der Waals surface area contributed by atoms with Crippen LogP contribution >= 0.6 is 0 Å². The second kappa shape index (κ2) is 14.3. The Morgan fingerprint density at radius 3 is 2.45 bits per heavy atom. The summed E-state index contributed by atoms with van der Waals surface area (Å²) in [7, 11) is -3.87.